The lowest BCUT2D eigenvalue weighted by molar-refractivity contribution is -0.117. The van der Waals surface area contributed by atoms with E-state index in [4.69, 9.17) is 0 Å². The first-order valence-electron chi connectivity index (χ1n) is 11.6. The molecule has 0 bridgehead atoms. The molecule has 2 aromatic carbocycles. The molecule has 5 heteroatoms. The van der Waals surface area contributed by atoms with Crippen LogP contribution in [0.4, 0.5) is 11.4 Å². The Hall–Kier alpha value is -2.63. The summed E-state index contributed by atoms with van der Waals surface area (Å²) in [7, 11) is 0. The van der Waals surface area contributed by atoms with Crippen LogP contribution in [0, 0.1) is 0 Å². The smallest absolute Gasteiger partial charge is 0.238 e. The largest absolute Gasteiger partial charge is 0.372 e. The zero-order chi connectivity index (χ0) is 21.3. The molecular formula is C26H34N4O. The summed E-state index contributed by atoms with van der Waals surface area (Å²) in [5.41, 5.74) is 3.38. The van der Waals surface area contributed by atoms with Gasteiger partial charge < -0.3 is 10.2 Å². The third kappa shape index (κ3) is 6.68. The molecule has 0 aromatic heterocycles. The van der Waals surface area contributed by atoms with E-state index in [9.17, 15) is 4.79 Å². The van der Waals surface area contributed by atoms with Gasteiger partial charge in [-0.25, -0.2) is 0 Å². The van der Waals surface area contributed by atoms with Crippen molar-refractivity contribution in [3.63, 3.8) is 0 Å². The number of hydrogen-bond acceptors (Lipinski definition) is 4. The highest BCUT2D eigenvalue weighted by atomic mass is 16.2. The number of anilines is 2. The topological polar surface area (TPSA) is 38.8 Å². The van der Waals surface area contributed by atoms with Crippen molar-refractivity contribution in [3.8, 4) is 0 Å². The van der Waals surface area contributed by atoms with Crippen LogP contribution in [0.25, 0.3) is 6.08 Å². The van der Waals surface area contributed by atoms with Crippen molar-refractivity contribution in [2.45, 2.75) is 19.3 Å². The number of benzene rings is 2. The number of amides is 1. The predicted octanol–water partition coefficient (Wildman–Crippen LogP) is 3.95. The molecule has 31 heavy (non-hydrogen) atoms. The molecule has 0 aliphatic carbocycles. The van der Waals surface area contributed by atoms with E-state index in [2.05, 4.69) is 68.6 Å². The van der Waals surface area contributed by atoms with Gasteiger partial charge in [0.15, 0.2) is 0 Å². The van der Waals surface area contributed by atoms with Gasteiger partial charge in [-0.2, -0.15) is 0 Å². The van der Waals surface area contributed by atoms with Crippen molar-refractivity contribution in [1.29, 1.82) is 0 Å². The number of piperidine rings is 1. The Labute approximate surface area is 186 Å². The molecule has 2 saturated heterocycles. The van der Waals surface area contributed by atoms with Gasteiger partial charge in [0, 0.05) is 57.2 Å². The lowest BCUT2D eigenvalue weighted by Gasteiger charge is -2.33. The zero-order valence-electron chi connectivity index (χ0n) is 18.4. The minimum absolute atomic E-state index is 0.0724. The number of nitrogens with one attached hydrogen (secondary N) is 1. The van der Waals surface area contributed by atoms with Gasteiger partial charge in [0.05, 0.1) is 6.54 Å². The molecule has 1 amide bonds. The number of carbonyl (C=O) groups excluding carboxylic acids is 1. The fourth-order valence-corrected chi connectivity index (χ4v) is 4.34. The van der Waals surface area contributed by atoms with Crippen molar-refractivity contribution in [3.05, 3.63) is 66.2 Å². The molecule has 0 radical (unpaired) electrons. The van der Waals surface area contributed by atoms with Crippen molar-refractivity contribution in [2.75, 3.05) is 62.6 Å². The van der Waals surface area contributed by atoms with Crippen molar-refractivity contribution in [2.24, 2.45) is 0 Å². The highest BCUT2D eigenvalue weighted by Crippen LogP contribution is 2.21. The van der Waals surface area contributed by atoms with Gasteiger partial charge in [-0.05, 0) is 49.1 Å². The Morgan fingerprint density at radius 3 is 2.19 bits per heavy atom. The number of hydrogen-bond donors (Lipinski definition) is 1. The molecule has 2 aromatic rings. The fourth-order valence-electron chi connectivity index (χ4n) is 4.34. The van der Waals surface area contributed by atoms with Crippen LogP contribution in [0.1, 0.15) is 24.8 Å². The summed E-state index contributed by atoms with van der Waals surface area (Å²) in [4.78, 5) is 19.6. The monoisotopic (exact) mass is 418 g/mol. The molecule has 0 saturated carbocycles. The van der Waals surface area contributed by atoms with Gasteiger partial charge in [0.2, 0.25) is 5.91 Å². The van der Waals surface area contributed by atoms with Crippen LogP contribution in [0.15, 0.2) is 60.7 Å². The minimum Gasteiger partial charge on any atom is -0.372 e. The lowest BCUT2D eigenvalue weighted by Crippen LogP contribution is -2.48. The van der Waals surface area contributed by atoms with Crippen molar-refractivity contribution < 1.29 is 4.79 Å². The molecule has 0 atom stereocenters. The second kappa shape index (κ2) is 11.1. The standard InChI is InChI=1S/C26H34N4O/c31-26(27-24-11-13-25(14-12-24)30-16-5-2-6-17-30)22-29-20-18-28(19-21-29)15-7-10-23-8-3-1-4-9-23/h1,3-4,7-14H,2,5-6,15-22H2,(H,27,31)/b10-7+. The summed E-state index contributed by atoms with van der Waals surface area (Å²) in [5.74, 6) is 0.0724. The van der Waals surface area contributed by atoms with Gasteiger partial charge in [-0.3, -0.25) is 14.6 Å². The Bertz CT molecular complexity index is 835. The Morgan fingerprint density at radius 1 is 0.806 bits per heavy atom. The maximum Gasteiger partial charge on any atom is 0.238 e. The van der Waals surface area contributed by atoms with Crippen LogP contribution >= 0.6 is 0 Å². The van der Waals surface area contributed by atoms with Crippen LogP contribution in [0.2, 0.25) is 0 Å². The highest BCUT2D eigenvalue weighted by molar-refractivity contribution is 5.92. The Balaban J connectivity index is 1.16. The molecule has 2 aliphatic heterocycles. The molecular weight excluding hydrogens is 384 g/mol. The minimum atomic E-state index is 0.0724. The average Bonchev–Trinajstić information content (AvgIpc) is 2.82. The first kappa shape index (κ1) is 21.6. The summed E-state index contributed by atoms with van der Waals surface area (Å²) in [6, 6.07) is 18.7. The van der Waals surface area contributed by atoms with Crippen molar-refractivity contribution in [1.82, 2.24) is 9.80 Å². The van der Waals surface area contributed by atoms with Crippen LogP contribution < -0.4 is 10.2 Å². The van der Waals surface area contributed by atoms with Gasteiger partial charge >= 0.3 is 0 Å². The summed E-state index contributed by atoms with van der Waals surface area (Å²) in [6.07, 6.45) is 8.29. The van der Waals surface area contributed by atoms with E-state index in [1.807, 2.05) is 18.2 Å². The molecule has 0 unspecified atom stereocenters. The van der Waals surface area contributed by atoms with Gasteiger partial charge in [-0.1, -0.05) is 42.5 Å². The lowest BCUT2D eigenvalue weighted by atomic mass is 10.1. The normalized spacial score (nSPS) is 18.4. The van der Waals surface area contributed by atoms with E-state index in [-0.39, 0.29) is 5.91 Å². The van der Waals surface area contributed by atoms with E-state index in [1.54, 1.807) is 0 Å². The Morgan fingerprint density at radius 2 is 1.48 bits per heavy atom. The number of carbonyl (C=O) groups is 1. The van der Waals surface area contributed by atoms with Crippen LogP contribution in [-0.2, 0) is 4.79 Å². The summed E-state index contributed by atoms with van der Waals surface area (Å²) >= 11 is 0. The van der Waals surface area contributed by atoms with E-state index in [1.165, 1.54) is 30.5 Å². The summed E-state index contributed by atoms with van der Waals surface area (Å²) in [6.45, 7) is 7.55. The molecule has 4 rings (SSSR count). The first-order chi connectivity index (χ1) is 15.3. The van der Waals surface area contributed by atoms with Gasteiger partial charge in [-0.15, -0.1) is 0 Å². The molecule has 164 valence electrons. The fraction of sp³-hybridized carbons (Fsp3) is 0.423. The SMILES string of the molecule is O=C(CN1CCN(C/C=C/c2ccccc2)CC1)Nc1ccc(N2CCCCC2)cc1. The van der Waals surface area contributed by atoms with Crippen molar-refractivity contribution >= 4 is 23.4 Å². The summed E-state index contributed by atoms with van der Waals surface area (Å²) < 4.78 is 0. The summed E-state index contributed by atoms with van der Waals surface area (Å²) in [5, 5.41) is 3.06. The first-order valence-corrected chi connectivity index (χ1v) is 11.6. The number of piperazine rings is 1. The van der Waals surface area contributed by atoms with E-state index in [0.29, 0.717) is 6.54 Å². The van der Waals surface area contributed by atoms with E-state index in [0.717, 1.165) is 51.5 Å². The van der Waals surface area contributed by atoms with Gasteiger partial charge in [0.25, 0.3) is 0 Å². The van der Waals surface area contributed by atoms with E-state index < -0.39 is 0 Å². The highest BCUT2D eigenvalue weighted by Gasteiger charge is 2.18. The molecule has 5 nitrogen and oxygen atoms in total. The molecule has 2 fully saturated rings. The van der Waals surface area contributed by atoms with Gasteiger partial charge in [0.1, 0.15) is 0 Å². The molecule has 2 heterocycles. The third-order valence-corrected chi connectivity index (χ3v) is 6.18. The predicted molar refractivity (Wildman–Crippen MR) is 129 cm³/mol. The second-order valence-electron chi connectivity index (χ2n) is 8.53. The quantitative estimate of drug-likeness (QED) is 0.739. The van der Waals surface area contributed by atoms with Crippen LogP contribution in [-0.4, -0.2) is 68.1 Å². The number of rotatable bonds is 7. The zero-order valence-corrected chi connectivity index (χ0v) is 18.4. The molecule has 2 aliphatic rings. The third-order valence-electron chi connectivity index (χ3n) is 6.18. The van der Waals surface area contributed by atoms with E-state index >= 15 is 0 Å². The number of nitrogens with zero attached hydrogens (tertiary/aromatic N) is 3. The molecule has 1 N–H and O–H groups in total. The second-order valence-corrected chi connectivity index (χ2v) is 8.53. The van der Waals surface area contributed by atoms with Crippen LogP contribution in [0.3, 0.4) is 0 Å². The average molecular weight is 419 g/mol. The Kier molecular flexibility index (Phi) is 7.75. The van der Waals surface area contributed by atoms with Crippen LogP contribution in [0.5, 0.6) is 0 Å². The maximum absolute atomic E-state index is 12.5. The molecule has 0 spiro atoms. The maximum atomic E-state index is 12.5.